The van der Waals surface area contributed by atoms with Crippen LogP contribution >= 0.6 is 0 Å². The highest BCUT2D eigenvalue weighted by atomic mass is 16.6. The lowest BCUT2D eigenvalue weighted by molar-refractivity contribution is 0.180. The maximum absolute atomic E-state index is 4.47. The minimum atomic E-state index is 0.420. The standard InChI is InChI=1S/C4H4N2O/c1-2-4-3-7-6-5-4/h1,3H2. The molecule has 0 fully saturated rings. The zero-order chi connectivity index (χ0) is 5.11. The van der Waals surface area contributed by atoms with Gasteiger partial charge in [0.05, 0.1) is 0 Å². The van der Waals surface area contributed by atoms with E-state index in [0.717, 1.165) is 0 Å². The van der Waals surface area contributed by atoms with Gasteiger partial charge in [-0.2, -0.15) is 0 Å². The van der Waals surface area contributed by atoms with Crippen LogP contribution in [0.2, 0.25) is 0 Å². The van der Waals surface area contributed by atoms with Crippen LogP contribution in [0.1, 0.15) is 0 Å². The molecule has 0 bridgehead atoms. The molecule has 0 aliphatic carbocycles. The number of hydrogen-bond donors (Lipinski definition) is 0. The van der Waals surface area contributed by atoms with Crippen LogP contribution in [0, 0.1) is 0 Å². The normalized spacial score (nSPS) is 16.3. The Morgan fingerprint density at radius 1 is 1.86 bits per heavy atom. The molecule has 0 radical (unpaired) electrons. The molecule has 0 atom stereocenters. The fourth-order valence-corrected chi connectivity index (χ4v) is 0.283. The average Bonchev–Trinajstić information content (AvgIpc) is 2.14. The summed E-state index contributed by atoms with van der Waals surface area (Å²) in [5, 5.41) is 6.72. The Hall–Kier alpha value is -1.08. The molecule has 0 aromatic carbocycles. The molecule has 0 saturated heterocycles. The predicted molar refractivity (Wildman–Crippen MR) is 23.5 cm³/mol. The molecule has 3 nitrogen and oxygen atoms in total. The van der Waals surface area contributed by atoms with Gasteiger partial charge in [0.2, 0.25) is 0 Å². The Morgan fingerprint density at radius 2 is 2.71 bits per heavy atom. The second-order valence-electron chi connectivity index (χ2n) is 1.08. The van der Waals surface area contributed by atoms with E-state index in [9.17, 15) is 0 Å². The van der Waals surface area contributed by atoms with Gasteiger partial charge < -0.3 is 4.84 Å². The molecular formula is C4H4N2O. The first-order valence-corrected chi connectivity index (χ1v) is 1.85. The summed E-state index contributed by atoms with van der Waals surface area (Å²) in [6.45, 7) is 3.77. The topological polar surface area (TPSA) is 34.0 Å². The van der Waals surface area contributed by atoms with Crippen molar-refractivity contribution in [2.24, 2.45) is 10.4 Å². The molecule has 0 unspecified atom stereocenters. The molecule has 1 rings (SSSR count). The van der Waals surface area contributed by atoms with E-state index in [1.54, 1.807) is 0 Å². The highest BCUT2D eigenvalue weighted by Gasteiger charge is 1.98. The Balaban J connectivity index is 2.77. The van der Waals surface area contributed by atoms with Gasteiger partial charge in [-0.1, -0.05) is 12.3 Å². The van der Waals surface area contributed by atoms with E-state index in [0.29, 0.717) is 12.3 Å². The molecule has 0 saturated carbocycles. The minimum absolute atomic E-state index is 0.420. The Bertz CT molecular complexity index is 144. The summed E-state index contributed by atoms with van der Waals surface area (Å²) in [7, 11) is 0. The number of hydrogen-bond acceptors (Lipinski definition) is 3. The molecule has 1 aliphatic heterocycles. The fraction of sp³-hybridized carbons (Fsp3) is 0.250. The zero-order valence-corrected chi connectivity index (χ0v) is 3.72. The van der Waals surface area contributed by atoms with Gasteiger partial charge in [-0.05, 0) is 0 Å². The molecule has 0 aromatic heterocycles. The third kappa shape index (κ3) is 0.669. The van der Waals surface area contributed by atoms with E-state index in [1.807, 2.05) is 0 Å². The minimum Gasteiger partial charge on any atom is -0.372 e. The molecule has 1 aliphatic rings. The van der Waals surface area contributed by atoms with Gasteiger partial charge in [-0.25, -0.2) is 0 Å². The third-order valence-corrected chi connectivity index (χ3v) is 0.625. The largest absolute Gasteiger partial charge is 0.372 e. The van der Waals surface area contributed by atoms with Crippen LogP contribution in [0.5, 0.6) is 0 Å². The molecule has 1 heterocycles. The van der Waals surface area contributed by atoms with E-state index in [1.165, 1.54) is 0 Å². The van der Waals surface area contributed by atoms with Crippen LogP contribution in [-0.2, 0) is 4.84 Å². The number of rotatable bonds is 0. The molecule has 7 heavy (non-hydrogen) atoms. The van der Waals surface area contributed by atoms with Gasteiger partial charge in [0.15, 0.2) is 6.61 Å². The van der Waals surface area contributed by atoms with Crippen LogP contribution < -0.4 is 0 Å². The van der Waals surface area contributed by atoms with E-state index >= 15 is 0 Å². The van der Waals surface area contributed by atoms with Crippen molar-refractivity contribution >= 4 is 0 Å². The van der Waals surface area contributed by atoms with E-state index in [2.05, 4.69) is 27.5 Å². The molecule has 0 amide bonds. The lowest BCUT2D eigenvalue weighted by Crippen LogP contribution is -1.76. The SMILES string of the molecule is C=C=C1CON=N1. The Morgan fingerprint density at radius 3 is 3.00 bits per heavy atom. The predicted octanol–water partition coefficient (Wildman–Crippen LogP) is 1.05. The quantitative estimate of drug-likeness (QED) is 0.415. The molecule has 0 N–H and O–H groups in total. The van der Waals surface area contributed by atoms with E-state index < -0.39 is 0 Å². The van der Waals surface area contributed by atoms with Gasteiger partial charge in [0.1, 0.15) is 5.70 Å². The molecule has 36 valence electrons. The maximum Gasteiger partial charge on any atom is 0.170 e. The molecule has 3 heteroatoms. The lowest BCUT2D eigenvalue weighted by atomic mass is 10.5. The maximum atomic E-state index is 4.47. The molecular weight excluding hydrogens is 92.1 g/mol. The zero-order valence-electron chi connectivity index (χ0n) is 3.72. The van der Waals surface area contributed by atoms with Crippen LogP contribution in [0.4, 0.5) is 0 Å². The van der Waals surface area contributed by atoms with Crippen LogP contribution in [-0.4, -0.2) is 6.61 Å². The van der Waals surface area contributed by atoms with E-state index in [4.69, 9.17) is 0 Å². The van der Waals surface area contributed by atoms with Crippen LogP contribution in [0.15, 0.2) is 28.4 Å². The summed E-state index contributed by atoms with van der Waals surface area (Å²) >= 11 is 0. The first-order chi connectivity index (χ1) is 3.43. The van der Waals surface area contributed by atoms with Crippen molar-refractivity contribution in [1.29, 1.82) is 0 Å². The van der Waals surface area contributed by atoms with Gasteiger partial charge in [-0.3, -0.25) is 0 Å². The van der Waals surface area contributed by atoms with Crippen molar-refractivity contribution in [3.05, 3.63) is 18.0 Å². The van der Waals surface area contributed by atoms with Crippen molar-refractivity contribution in [3.63, 3.8) is 0 Å². The summed E-state index contributed by atoms with van der Waals surface area (Å²) in [4.78, 5) is 4.47. The lowest BCUT2D eigenvalue weighted by Gasteiger charge is -1.75. The smallest absolute Gasteiger partial charge is 0.170 e. The molecule has 0 aromatic rings. The first-order valence-electron chi connectivity index (χ1n) is 1.85. The summed E-state index contributed by atoms with van der Waals surface area (Å²) < 4.78 is 0. The van der Waals surface area contributed by atoms with Gasteiger partial charge >= 0.3 is 0 Å². The van der Waals surface area contributed by atoms with E-state index in [-0.39, 0.29) is 0 Å². The Labute approximate surface area is 41.0 Å². The highest BCUT2D eigenvalue weighted by molar-refractivity contribution is 4.96. The second kappa shape index (κ2) is 1.58. The fourth-order valence-electron chi connectivity index (χ4n) is 0.283. The first kappa shape index (κ1) is 4.09. The van der Waals surface area contributed by atoms with Gasteiger partial charge in [-0.15, -0.1) is 5.11 Å². The van der Waals surface area contributed by atoms with Gasteiger partial charge in [0, 0.05) is 5.28 Å². The average molecular weight is 96.1 g/mol. The van der Waals surface area contributed by atoms with Crippen molar-refractivity contribution in [2.45, 2.75) is 0 Å². The summed E-state index contributed by atoms with van der Waals surface area (Å²) in [5.41, 5.74) is 3.21. The second-order valence-corrected chi connectivity index (χ2v) is 1.08. The number of nitrogens with zero attached hydrogens (tertiary/aromatic N) is 2. The Kier molecular flexibility index (Phi) is 0.922. The summed E-state index contributed by atoms with van der Waals surface area (Å²) in [5.74, 6) is 0. The monoisotopic (exact) mass is 96.0 g/mol. The van der Waals surface area contributed by atoms with Crippen molar-refractivity contribution in [2.75, 3.05) is 6.61 Å². The highest BCUT2D eigenvalue weighted by Crippen LogP contribution is 2.03. The van der Waals surface area contributed by atoms with Crippen molar-refractivity contribution in [3.8, 4) is 0 Å². The summed E-state index contributed by atoms with van der Waals surface area (Å²) in [6.07, 6.45) is 0. The third-order valence-electron chi connectivity index (χ3n) is 0.625. The van der Waals surface area contributed by atoms with Gasteiger partial charge in [0.25, 0.3) is 0 Å². The summed E-state index contributed by atoms with van der Waals surface area (Å²) in [6, 6.07) is 0. The van der Waals surface area contributed by atoms with Crippen molar-refractivity contribution in [1.82, 2.24) is 0 Å². The molecule has 0 spiro atoms. The van der Waals surface area contributed by atoms with Crippen LogP contribution in [0.3, 0.4) is 0 Å². The van der Waals surface area contributed by atoms with Crippen LogP contribution in [0.25, 0.3) is 0 Å². The van der Waals surface area contributed by atoms with Crippen molar-refractivity contribution < 1.29 is 4.84 Å².